The van der Waals surface area contributed by atoms with Crippen molar-refractivity contribution >= 4 is 0 Å². The van der Waals surface area contributed by atoms with Gasteiger partial charge in [0.2, 0.25) is 0 Å². The van der Waals surface area contributed by atoms with Crippen molar-refractivity contribution in [2.24, 2.45) is 0 Å². The van der Waals surface area contributed by atoms with Crippen LogP contribution in [0.5, 0.6) is 0 Å². The van der Waals surface area contributed by atoms with Crippen LogP contribution in [-0.2, 0) is 9.47 Å². The zero-order chi connectivity index (χ0) is 15.3. The van der Waals surface area contributed by atoms with Crippen molar-refractivity contribution in [1.82, 2.24) is 5.32 Å². The van der Waals surface area contributed by atoms with E-state index < -0.39 is 0 Å². The molecular weight excluding hydrogens is 269 g/mol. The maximum Gasteiger partial charge on any atom is 0.129 e. The van der Waals surface area contributed by atoms with Crippen molar-refractivity contribution < 1.29 is 13.9 Å². The lowest BCUT2D eigenvalue weighted by atomic mass is 10.1. The maximum atomic E-state index is 14.0. The first-order valence-corrected chi connectivity index (χ1v) is 7.66. The summed E-state index contributed by atoms with van der Waals surface area (Å²) in [7, 11) is 1.70. The molecule has 1 saturated carbocycles. The van der Waals surface area contributed by atoms with Crippen LogP contribution in [0.15, 0.2) is 24.3 Å². The molecule has 1 aromatic carbocycles. The number of halogens is 1. The number of methoxy groups -OCH3 is 1. The first-order valence-electron chi connectivity index (χ1n) is 7.66. The first kappa shape index (κ1) is 16.4. The highest BCUT2D eigenvalue weighted by Gasteiger charge is 2.24. The Morgan fingerprint density at radius 3 is 2.67 bits per heavy atom. The summed E-state index contributed by atoms with van der Waals surface area (Å²) in [6.45, 7) is 5.25. The number of nitrogens with one attached hydrogen (secondary N) is 1. The van der Waals surface area contributed by atoms with Crippen molar-refractivity contribution in [2.45, 2.75) is 50.9 Å². The average molecular weight is 295 g/mol. The highest BCUT2D eigenvalue weighted by molar-refractivity contribution is 5.20. The molecule has 118 valence electrons. The SMILES string of the molecule is COC(C)(C)CCOC(CNC1CC1)c1ccccc1F. The molecule has 4 heteroatoms. The molecule has 2 rings (SSSR count). The second-order valence-electron chi connectivity index (χ2n) is 6.28. The number of ether oxygens (including phenoxy) is 2. The predicted molar refractivity (Wildman–Crippen MR) is 81.8 cm³/mol. The Hall–Kier alpha value is -0.970. The Kier molecular flexibility index (Phi) is 5.73. The molecular formula is C17H26FNO2. The van der Waals surface area contributed by atoms with Crippen LogP contribution in [0.2, 0.25) is 0 Å². The molecule has 1 fully saturated rings. The van der Waals surface area contributed by atoms with Gasteiger partial charge in [0, 0.05) is 25.3 Å². The molecule has 21 heavy (non-hydrogen) atoms. The molecule has 0 radical (unpaired) electrons. The molecule has 0 aliphatic heterocycles. The summed E-state index contributed by atoms with van der Waals surface area (Å²) < 4.78 is 25.3. The molecule has 0 bridgehead atoms. The predicted octanol–water partition coefficient (Wildman–Crippen LogP) is 3.45. The molecule has 0 spiro atoms. The average Bonchev–Trinajstić information content (AvgIpc) is 3.27. The van der Waals surface area contributed by atoms with Crippen molar-refractivity contribution in [3.63, 3.8) is 0 Å². The Morgan fingerprint density at radius 1 is 1.33 bits per heavy atom. The van der Waals surface area contributed by atoms with E-state index in [1.165, 1.54) is 18.9 Å². The van der Waals surface area contributed by atoms with Crippen molar-refractivity contribution in [1.29, 1.82) is 0 Å². The van der Waals surface area contributed by atoms with Gasteiger partial charge in [-0.2, -0.15) is 0 Å². The zero-order valence-electron chi connectivity index (χ0n) is 13.2. The van der Waals surface area contributed by atoms with Gasteiger partial charge >= 0.3 is 0 Å². The second kappa shape index (κ2) is 7.34. The number of hydrogen-bond acceptors (Lipinski definition) is 3. The van der Waals surface area contributed by atoms with Crippen molar-refractivity contribution in [2.75, 3.05) is 20.3 Å². The van der Waals surface area contributed by atoms with Gasteiger partial charge in [0.05, 0.1) is 18.3 Å². The molecule has 1 unspecified atom stereocenters. The highest BCUT2D eigenvalue weighted by Crippen LogP contribution is 2.24. The molecule has 1 aliphatic carbocycles. The standard InChI is InChI=1S/C17H26FNO2/c1-17(2,20-3)10-11-21-16(12-19-13-8-9-13)14-6-4-5-7-15(14)18/h4-7,13,16,19H,8-12H2,1-3H3. The summed E-state index contributed by atoms with van der Waals surface area (Å²) >= 11 is 0. The topological polar surface area (TPSA) is 30.5 Å². The minimum atomic E-state index is -0.251. The lowest BCUT2D eigenvalue weighted by Gasteiger charge is -2.25. The van der Waals surface area contributed by atoms with E-state index in [-0.39, 0.29) is 17.5 Å². The third kappa shape index (κ3) is 5.38. The van der Waals surface area contributed by atoms with Gasteiger partial charge in [-0.3, -0.25) is 0 Å². The zero-order valence-corrected chi connectivity index (χ0v) is 13.2. The van der Waals surface area contributed by atoms with Crippen molar-refractivity contribution in [3.8, 4) is 0 Å². The minimum absolute atomic E-state index is 0.203. The summed E-state index contributed by atoms with van der Waals surface area (Å²) in [5.74, 6) is -0.203. The molecule has 3 nitrogen and oxygen atoms in total. The van der Waals surface area contributed by atoms with E-state index in [1.807, 2.05) is 19.9 Å². The van der Waals surface area contributed by atoms with E-state index in [2.05, 4.69) is 5.32 Å². The Bertz CT molecular complexity index is 446. The first-order chi connectivity index (χ1) is 10.0. The lowest BCUT2D eigenvalue weighted by molar-refractivity contribution is -0.0278. The molecule has 0 saturated heterocycles. The van der Waals surface area contributed by atoms with Gasteiger partial charge in [-0.05, 0) is 39.2 Å². The summed E-state index contributed by atoms with van der Waals surface area (Å²) in [6.07, 6.45) is 2.94. The highest BCUT2D eigenvalue weighted by atomic mass is 19.1. The Labute approximate surface area is 126 Å². The third-order valence-electron chi connectivity index (χ3n) is 4.00. The fourth-order valence-corrected chi connectivity index (χ4v) is 2.11. The van der Waals surface area contributed by atoms with Gasteiger partial charge in [-0.25, -0.2) is 4.39 Å². The fraction of sp³-hybridized carbons (Fsp3) is 0.647. The summed E-state index contributed by atoms with van der Waals surface area (Å²) in [5, 5.41) is 3.42. The summed E-state index contributed by atoms with van der Waals surface area (Å²) in [4.78, 5) is 0. The molecule has 0 heterocycles. The maximum absolute atomic E-state index is 14.0. The monoisotopic (exact) mass is 295 g/mol. The van der Waals surface area contributed by atoms with Gasteiger partial charge in [0.15, 0.2) is 0 Å². The van der Waals surface area contributed by atoms with E-state index in [4.69, 9.17) is 9.47 Å². The molecule has 1 aliphatic rings. The lowest BCUT2D eigenvalue weighted by Crippen LogP contribution is -2.29. The molecule has 1 N–H and O–H groups in total. The van der Waals surface area contributed by atoms with Crippen LogP contribution in [-0.4, -0.2) is 31.9 Å². The van der Waals surface area contributed by atoms with Gasteiger partial charge in [0.25, 0.3) is 0 Å². The summed E-state index contributed by atoms with van der Waals surface area (Å²) in [6, 6.07) is 7.43. The van der Waals surface area contributed by atoms with E-state index in [0.717, 1.165) is 6.42 Å². The number of rotatable bonds is 9. The Morgan fingerprint density at radius 2 is 2.05 bits per heavy atom. The molecule has 1 aromatic rings. The van der Waals surface area contributed by atoms with Crippen LogP contribution in [0.3, 0.4) is 0 Å². The van der Waals surface area contributed by atoms with Crippen LogP contribution >= 0.6 is 0 Å². The molecule has 1 atom stereocenters. The van der Waals surface area contributed by atoms with E-state index in [1.54, 1.807) is 19.2 Å². The van der Waals surface area contributed by atoms with Crippen LogP contribution in [0.25, 0.3) is 0 Å². The molecule has 0 aromatic heterocycles. The largest absolute Gasteiger partial charge is 0.379 e. The third-order valence-corrected chi connectivity index (χ3v) is 4.00. The fourth-order valence-electron chi connectivity index (χ4n) is 2.11. The van der Waals surface area contributed by atoms with Crippen LogP contribution in [0.4, 0.5) is 4.39 Å². The minimum Gasteiger partial charge on any atom is -0.379 e. The van der Waals surface area contributed by atoms with E-state index in [0.29, 0.717) is 24.8 Å². The van der Waals surface area contributed by atoms with Gasteiger partial charge in [0.1, 0.15) is 5.82 Å². The van der Waals surface area contributed by atoms with Gasteiger partial charge < -0.3 is 14.8 Å². The van der Waals surface area contributed by atoms with Crippen LogP contribution in [0, 0.1) is 5.82 Å². The quantitative estimate of drug-likeness (QED) is 0.757. The van der Waals surface area contributed by atoms with E-state index in [9.17, 15) is 4.39 Å². The normalized spacial score (nSPS) is 17.0. The number of hydrogen-bond donors (Lipinski definition) is 1. The Balaban J connectivity index is 1.93. The number of benzene rings is 1. The summed E-state index contributed by atoms with van der Waals surface area (Å²) in [5.41, 5.74) is 0.407. The smallest absolute Gasteiger partial charge is 0.129 e. The van der Waals surface area contributed by atoms with Gasteiger partial charge in [-0.15, -0.1) is 0 Å². The van der Waals surface area contributed by atoms with E-state index >= 15 is 0 Å². The van der Waals surface area contributed by atoms with Crippen LogP contribution < -0.4 is 5.32 Å². The van der Waals surface area contributed by atoms with Crippen molar-refractivity contribution in [3.05, 3.63) is 35.6 Å². The van der Waals surface area contributed by atoms with Gasteiger partial charge in [-0.1, -0.05) is 18.2 Å². The second-order valence-corrected chi connectivity index (χ2v) is 6.28. The van der Waals surface area contributed by atoms with Crippen LogP contribution in [0.1, 0.15) is 44.8 Å². The molecule has 0 amide bonds.